The van der Waals surface area contributed by atoms with Crippen LogP contribution < -0.4 is 34.4 Å². The highest BCUT2D eigenvalue weighted by Gasteiger charge is 2.54. The fourth-order valence-electron chi connectivity index (χ4n) is 5.74. The molecule has 3 saturated heterocycles. The maximum atomic E-state index is 11.1. The summed E-state index contributed by atoms with van der Waals surface area (Å²) in [5.41, 5.74) is 35.6. The number of hydrogen-bond acceptors (Lipinski definition) is 25. The van der Waals surface area contributed by atoms with E-state index in [1.165, 1.54) is 0 Å². The van der Waals surface area contributed by atoms with Crippen molar-refractivity contribution in [2.45, 2.75) is 123 Å². The lowest BCUT2D eigenvalue weighted by Gasteiger charge is -2.47. The zero-order valence-corrected chi connectivity index (χ0v) is 33.1. The molecule has 37 heteroatoms. The van der Waals surface area contributed by atoms with Gasteiger partial charge in [0.05, 0.1) is 24.8 Å². The first-order valence-corrected chi connectivity index (χ1v) is 20.2. The molecule has 366 valence electrons. The van der Waals surface area contributed by atoms with E-state index in [9.17, 15) is 35.7 Å². The number of ether oxygens (including phenoxy) is 6. The molecule has 31 N–H and O–H groups in total. The molecule has 4 rings (SSSR count). The minimum absolute atomic E-state index is 0. The molecule has 1 saturated carbocycles. The van der Waals surface area contributed by atoms with Gasteiger partial charge in [0, 0.05) is 25.2 Å². The fourth-order valence-corrected chi connectivity index (χ4v) is 5.74. The molecule has 0 bridgehead atoms. The van der Waals surface area contributed by atoms with Gasteiger partial charge in [-0.2, -0.15) is 25.3 Å². The molecule has 0 radical (unpaired) electrons. The molecule has 4 aliphatic rings. The summed E-state index contributed by atoms with van der Waals surface area (Å²) in [6.45, 7) is -0.967. The van der Waals surface area contributed by atoms with Gasteiger partial charge in [-0.25, -0.2) is 0 Å². The van der Waals surface area contributed by atoms with Gasteiger partial charge in [-0.1, -0.05) is 0 Å². The summed E-state index contributed by atoms with van der Waals surface area (Å²) in [5.74, 6) is 0. The van der Waals surface area contributed by atoms with Crippen molar-refractivity contribution in [3.8, 4) is 0 Å². The van der Waals surface area contributed by atoms with Crippen LogP contribution in [0, 0.1) is 0 Å². The molecular formula is C23H58N6O28S3. The van der Waals surface area contributed by atoms with Crippen molar-refractivity contribution in [3.05, 3.63) is 0 Å². The van der Waals surface area contributed by atoms with E-state index in [4.69, 9.17) is 115 Å². The number of hydrogen-bond donors (Lipinski definition) is 19. The Morgan fingerprint density at radius 2 is 0.783 bits per heavy atom. The minimum atomic E-state index is -4.67. The molecule has 0 unspecified atom stereocenters. The highest BCUT2D eigenvalue weighted by molar-refractivity contribution is 7.80. The van der Waals surface area contributed by atoms with Crippen molar-refractivity contribution in [1.82, 2.24) is 0 Å². The number of nitrogens with two attached hydrogens (primary N) is 6. The van der Waals surface area contributed by atoms with E-state index < -0.39 is 154 Å². The van der Waals surface area contributed by atoms with Crippen LogP contribution in [-0.4, -0.2) is 241 Å². The van der Waals surface area contributed by atoms with Crippen molar-refractivity contribution < 1.29 is 133 Å². The van der Waals surface area contributed by atoms with Gasteiger partial charge < -0.3 is 115 Å². The van der Waals surface area contributed by atoms with Crippen LogP contribution in [0.2, 0.25) is 0 Å². The Morgan fingerprint density at radius 3 is 1.12 bits per heavy atom. The topological polar surface area (TPSA) is 671 Å². The smallest absolute Gasteiger partial charge is 0.394 e. The molecule has 34 nitrogen and oxygen atoms in total. The van der Waals surface area contributed by atoms with Crippen LogP contribution in [0.15, 0.2) is 0 Å². The normalized spacial score (nSPS) is 40.5. The third-order valence-electron chi connectivity index (χ3n) is 8.37. The van der Waals surface area contributed by atoms with Gasteiger partial charge in [0.15, 0.2) is 18.9 Å². The average Bonchev–Trinajstić information content (AvgIpc) is 3.36. The summed E-state index contributed by atoms with van der Waals surface area (Å²) in [6.07, 6.45) is -19.8. The van der Waals surface area contributed by atoms with Crippen LogP contribution in [0.4, 0.5) is 0 Å². The van der Waals surface area contributed by atoms with Gasteiger partial charge in [0.25, 0.3) is 0 Å². The molecule has 0 aromatic carbocycles. The highest BCUT2D eigenvalue weighted by atomic mass is 32.3. The van der Waals surface area contributed by atoms with E-state index >= 15 is 0 Å². The molecule has 0 aromatic rings. The molecule has 60 heavy (non-hydrogen) atoms. The summed E-state index contributed by atoms with van der Waals surface area (Å²) in [7, 11) is -14.0. The molecule has 4 fully saturated rings. The van der Waals surface area contributed by atoms with Gasteiger partial charge in [-0.05, 0) is 6.42 Å². The molecule has 19 atom stereocenters. The van der Waals surface area contributed by atoms with Crippen LogP contribution in [0.5, 0.6) is 0 Å². The highest BCUT2D eigenvalue weighted by Crippen LogP contribution is 2.34. The Morgan fingerprint density at radius 1 is 0.467 bits per heavy atom. The molecule has 0 amide bonds. The van der Waals surface area contributed by atoms with Crippen molar-refractivity contribution in [3.63, 3.8) is 0 Å². The Labute approximate surface area is 340 Å². The van der Waals surface area contributed by atoms with E-state index in [1.807, 2.05) is 0 Å². The lowest BCUT2D eigenvalue weighted by Crippen LogP contribution is -2.68. The molecule has 0 spiro atoms. The summed E-state index contributed by atoms with van der Waals surface area (Å²) in [6, 6.07) is -4.18. The van der Waals surface area contributed by atoms with Gasteiger partial charge in [0.1, 0.15) is 67.1 Å². The van der Waals surface area contributed by atoms with Gasteiger partial charge in [-0.15, -0.1) is 0 Å². The van der Waals surface area contributed by atoms with Gasteiger partial charge in [-0.3, -0.25) is 27.3 Å². The minimum Gasteiger partial charge on any atom is -0.412 e. The van der Waals surface area contributed by atoms with Crippen LogP contribution in [0.25, 0.3) is 0 Å². The summed E-state index contributed by atoms with van der Waals surface area (Å²) < 4.78 is 129. The van der Waals surface area contributed by atoms with Crippen LogP contribution in [-0.2, 0) is 59.6 Å². The van der Waals surface area contributed by atoms with Gasteiger partial charge >= 0.3 is 31.2 Å². The van der Waals surface area contributed by atoms with Gasteiger partial charge in [0.2, 0.25) is 0 Å². The monoisotopic (exact) mass is 962 g/mol. The molecule has 3 heterocycles. The second-order valence-corrected chi connectivity index (χ2v) is 15.3. The van der Waals surface area contributed by atoms with E-state index in [-0.39, 0.29) is 35.9 Å². The van der Waals surface area contributed by atoms with Crippen molar-refractivity contribution in [1.29, 1.82) is 0 Å². The zero-order valence-electron chi connectivity index (χ0n) is 30.7. The summed E-state index contributed by atoms with van der Waals surface area (Å²) in [4.78, 5) is 0. The Balaban J connectivity index is -0.00000155. The lowest BCUT2D eigenvalue weighted by atomic mass is 9.84. The van der Waals surface area contributed by atoms with Crippen molar-refractivity contribution in [2.75, 3.05) is 19.7 Å². The van der Waals surface area contributed by atoms with Crippen LogP contribution in [0.1, 0.15) is 6.42 Å². The first-order valence-electron chi connectivity index (χ1n) is 16.0. The summed E-state index contributed by atoms with van der Waals surface area (Å²) >= 11 is 0. The van der Waals surface area contributed by atoms with E-state index in [0.717, 1.165) is 0 Å². The predicted molar refractivity (Wildman–Crippen MR) is 192 cm³/mol. The van der Waals surface area contributed by atoms with Crippen molar-refractivity contribution in [2.24, 2.45) is 34.4 Å². The Kier molecular flexibility index (Phi) is 27.8. The maximum Gasteiger partial charge on any atom is 0.394 e. The third kappa shape index (κ3) is 20.5. The molecule has 0 aromatic heterocycles. The first kappa shape index (κ1) is 63.0. The van der Waals surface area contributed by atoms with Crippen LogP contribution >= 0.6 is 0 Å². The number of aliphatic hydroxyl groups excluding tert-OH is 7. The SMILES string of the molecule is NC[C@@H]1O[C@H](O[C@H]2[C@@H](O)[C@H](O[C@@H]3[C@@H](O)[C@H](N)C[C@H](N)[C@H]3O[C@H]3O[C@H](CN)[C@@H](O)[C@H](O)[C@H]3N)O[C@@H]2CO)[C@H](N)[C@@H](O)[C@@H]1O.O.O.O.O=S(=O)(O)O.O=S(=O)(O)O.O=S(=O)(O)O. The lowest BCUT2D eigenvalue weighted by molar-refractivity contribution is -0.306. The molecule has 1 aliphatic carbocycles. The third-order valence-corrected chi connectivity index (χ3v) is 8.37. The second kappa shape index (κ2) is 26.5. The average molecular weight is 963 g/mol. The summed E-state index contributed by atoms with van der Waals surface area (Å²) in [5, 5.41) is 73.0. The quantitative estimate of drug-likeness (QED) is 0.0954. The Bertz CT molecular complexity index is 1440. The molecular weight excluding hydrogens is 904 g/mol. The largest absolute Gasteiger partial charge is 0.412 e. The zero-order chi connectivity index (χ0) is 44.5. The number of rotatable bonds is 9. The standard InChI is InChI=1S/C23H46N6O13.3H2O4S.3H2O/c24-2-7-13(32)15(34)10(28)21(37-7)40-18-6(27)1-5(26)12(31)20(18)42-23-17(36)19(9(4-30)39-23)41-22-11(29)16(35)14(33)8(3-25)38-22;3*1-5(2,3)4;;;/h5-23,30-36H,1-4,24-29H2;3*(H2,1,2,3,4);3*1H2/t5-,6+,7-,8+,9-,10-,11-,12+,13-,14-,15-,16-,17-,18-,19-,20-,21-,22-,23+;;;;;;/m1....../s1. The van der Waals surface area contributed by atoms with E-state index in [0.29, 0.717) is 0 Å². The second-order valence-electron chi connectivity index (χ2n) is 12.6. The molecule has 3 aliphatic heterocycles. The maximum absolute atomic E-state index is 11.1. The Hall–Kier alpha value is -1.27. The van der Waals surface area contributed by atoms with E-state index in [2.05, 4.69) is 0 Å². The number of aliphatic hydroxyl groups is 7. The predicted octanol–water partition coefficient (Wildman–Crippen LogP) is -13.3. The fraction of sp³-hybridized carbons (Fsp3) is 1.00. The first-order chi connectivity index (χ1) is 25.8. The van der Waals surface area contributed by atoms with Crippen LogP contribution in [0.3, 0.4) is 0 Å². The van der Waals surface area contributed by atoms with E-state index in [1.54, 1.807) is 0 Å². The van der Waals surface area contributed by atoms with Crippen molar-refractivity contribution >= 4 is 31.2 Å².